The van der Waals surface area contributed by atoms with E-state index in [9.17, 15) is 5.11 Å². The lowest BCUT2D eigenvalue weighted by Gasteiger charge is -2.31. The van der Waals surface area contributed by atoms with Gasteiger partial charge in [-0.1, -0.05) is 79.4 Å². The average Bonchev–Trinajstić information content (AvgIpc) is 2.67. The standard InChI is InChI=1S/C21H22O3/c1-16(17-8-4-2-5-9-17)15-23-20-13-12-19(24-21(20)14-22)18-10-6-3-7-11-18/h2-13,19-22H,1,14-15H2/t19-,20-,21+/m0/s1. The highest BCUT2D eigenvalue weighted by Crippen LogP contribution is 2.27. The summed E-state index contributed by atoms with van der Waals surface area (Å²) in [5.74, 6) is 0. The maximum atomic E-state index is 9.65. The van der Waals surface area contributed by atoms with Gasteiger partial charge in [-0.2, -0.15) is 0 Å². The zero-order chi connectivity index (χ0) is 16.8. The fourth-order valence-electron chi connectivity index (χ4n) is 2.74. The Morgan fingerprint density at radius 1 is 1.00 bits per heavy atom. The first kappa shape index (κ1) is 16.7. The number of benzene rings is 2. The zero-order valence-corrected chi connectivity index (χ0v) is 13.5. The first-order valence-electron chi connectivity index (χ1n) is 8.12. The third-order valence-electron chi connectivity index (χ3n) is 4.10. The number of aliphatic hydroxyl groups is 1. The molecule has 0 spiro atoms. The first-order valence-corrected chi connectivity index (χ1v) is 8.12. The topological polar surface area (TPSA) is 38.7 Å². The van der Waals surface area contributed by atoms with Gasteiger partial charge in [0.2, 0.25) is 0 Å². The van der Waals surface area contributed by atoms with Crippen molar-refractivity contribution in [3.05, 3.63) is 90.5 Å². The van der Waals surface area contributed by atoms with Crippen molar-refractivity contribution in [1.29, 1.82) is 0 Å². The number of hydrogen-bond donors (Lipinski definition) is 1. The van der Waals surface area contributed by atoms with Gasteiger partial charge in [-0.05, 0) is 16.7 Å². The van der Waals surface area contributed by atoms with E-state index in [1.54, 1.807) is 0 Å². The van der Waals surface area contributed by atoms with Crippen LogP contribution in [0.1, 0.15) is 17.2 Å². The second-order valence-corrected chi connectivity index (χ2v) is 5.82. The van der Waals surface area contributed by atoms with Crippen LogP contribution in [0.2, 0.25) is 0 Å². The van der Waals surface area contributed by atoms with Crippen molar-refractivity contribution in [2.24, 2.45) is 0 Å². The minimum atomic E-state index is -0.385. The Balaban J connectivity index is 1.62. The Kier molecular flexibility index (Phi) is 5.59. The Hall–Kier alpha value is -2.20. The molecule has 1 heterocycles. The molecule has 1 aliphatic heterocycles. The summed E-state index contributed by atoms with van der Waals surface area (Å²) in [4.78, 5) is 0. The van der Waals surface area contributed by atoms with Gasteiger partial charge < -0.3 is 14.6 Å². The third-order valence-corrected chi connectivity index (χ3v) is 4.10. The van der Waals surface area contributed by atoms with Gasteiger partial charge in [-0.3, -0.25) is 0 Å². The van der Waals surface area contributed by atoms with E-state index in [1.165, 1.54) is 0 Å². The van der Waals surface area contributed by atoms with E-state index in [4.69, 9.17) is 9.47 Å². The molecule has 0 amide bonds. The summed E-state index contributed by atoms with van der Waals surface area (Å²) in [6, 6.07) is 19.9. The van der Waals surface area contributed by atoms with Crippen LogP contribution in [0.3, 0.4) is 0 Å². The van der Waals surface area contributed by atoms with Crippen LogP contribution >= 0.6 is 0 Å². The second-order valence-electron chi connectivity index (χ2n) is 5.82. The van der Waals surface area contributed by atoms with E-state index in [1.807, 2.05) is 72.8 Å². The summed E-state index contributed by atoms with van der Waals surface area (Å²) in [5.41, 5.74) is 3.03. The molecule has 0 fully saturated rings. The lowest BCUT2D eigenvalue weighted by Crippen LogP contribution is -2.37. The first-order chi connectivity index (χ1) is 11.8. The van der Waals surface area contributed by atoms with Crippen LogP contribution in [-0.4, -0.2) is 30.5 Å². The van der Waals surface area contributed by atoms with Crippen molar-refractivity contribution in [1.82, 2.24) is 0 Å². The summed E-state index contributed by atoms with van der Waals surface area (Å²) in [7, 11) is 0. The van der Waals surface area contributed by atoms with Gasteiger partial charge in [0.15, 0.2) is 0 Å². The van der Waals surface area contributed by atoms with Crippen LogP contribution < -0.4 is 0 Å². The Labute approximate surface area is 142 Å². The van der Waals surface area contributed by atoms with Crippen molar-refractivity contribution in [3.8, 4) is 0 Å². The van der Waals surface area contributed by atoms with Crippen LogP contribution in [0.15, 0.2) is 79.4 Å². The van der Waals surface area contributed by atoms with Crippen molar-refractivity contribution in [2.75, 3.05) is 13.2 Å². The molecule has 3 rings (SSSR count). The molecule has 1 aliphatic rings. The smallest absolute Gasteiger partial charge is 0.111 e. The molecule has 2 aromatic carbocycles. The Morgan fingerprint density at radius 3 is 2.33 bits per heavy atom. The highest BCUT2D eigenvalue weighted by atomic mass is 16.6. The molecule has 0 aromatic heterocycles. The predicted octanol–water partition coefficient (Wildman–Crippen LogP) is 3.77. The van der Waals surface area contributed by atoms with Crippen molar-refractivity contribution < 1.29 is 14.6 Å². The lowest BCUT2D eigenvalue weighted by molar-refractivity contribution is -0.0972. The normalized spacial score (nSPS) is 23.1. The monoisotopic (exact) mass is 322 g/mol. The number of ether oxygens (including phenoxy) is 2. The molecule has 3 nitrogen and oxygen atoms in total. The van der Waals surface area contributed by atoms with Crippen LogP contribution in [-0.2, 0) is 9.47 Å². The van der Waals surface area contributed by atoms with Gasteiger partial charge in [-0.15, -0.1) is 0 Å². The fraction of sp³-hybridized carbons (Fsp3) is 0.238. The summed E-state index contributed by atoms with van der Waals surface area (Å²) < 4.78 is 11.9. The minimum absolute atomic E-state index is 0.0871. The van der Waals surface area contributed by atoms with E-state index in [2.05, 4.69) is 6.58 Å². The van der Waals surface area contributed by atoms with E-state index in [-0.39, 0.29) is 24.9 Å². The molecule has 24 heavy (non-hydrogen) atoms. The van der Waals surface area contributed by atoms with E-state index >= 15 is 0 Å². The van der Waals surface area contributed by atoms with Gasteiger partial charge in [0, 0.05) is 0 Å². The molecule has 0 saturated heterocycles. The van der Waals surface area contributed by atoms with Crippen LogP contribution in [0.5, 0.6) is 0 Å². The zero-order valence-electron chi connectivity index (χ0n) is 13.5. The molecule has 0 saturated carbocycles. The maximum Gasteiger partial charge on any atom is 0.111 e. The molecule has 0 unspecified atom stereocenters. The highest BCUT2D eigenvalue weighted by molar-refractivity contribution is 5.63. The van der Waals surface area contributed by atoms with Crippen LogP contribution in [0, 0.1) is 0 Å². The molecule has 3 heteroatoms. The summed E-state index contributed by atoms with van der Waals surface area (Å²) >= 11 is 0. The van der Waals surface area contributed by atoms with Gasteiger partial charge in [0.05, 0.1) is 13.2 Å². The molecule has 0 radical (unpaired) electrons. The number of aliphatic hydroxyl groups excluding tert-OH is 1. The molecule has 0 aliphatic carbocycles. The van der Waals surface area contributed by atoms with Gasteiger partial charge in [0.25, 0.3) is 0 Å². The largest absolute Gasteiger partial charge is 0.394 e. The minimum Gasteiger partial charge on any atom is -0.394 e. The molecule has 3 atom stereocenters. The van der Waals surface area contributed by atoms with E-state index < -0.39 is 0 Å². The molecular formula is C21H22O3. The highest BCUT2D eigenvalue weighted by Gasteiger charge is 2.28. The van der Waals surface area contributed by atoms with E-state index in [0.717, 1.165) is 16.7 Å². The van der Waals surface area contributed by atoms with Crippen LogP contribution in [0.4, 0.5) is 0 Å². The summed E-state index contributed by atoms with van der Waals surface area (Å²) in [5, 5.41) is 9.65. The Morgan fingerprint density at radius 2 is 1.67 bits per heavy atom. The molecule has 124 valence electrons. The van der Waals surface area contributed by atoms with Crippen molar-refractivity contribution >= 4 is 5.57 Å². The van der Waals surface area contributed by atoms with Gasteiger partial charge in [0.1, 0.15) is 18.3 Å². The van der Waals surface area contributed by atoms with Gasteiger partial charge >= 0.3 is 0 Å². The average molecular weight is 322 g/mol. The van der Waals surface area contributed by atoms with Crippen molar-refractivity contribution in [2.45, 2.75) is 18.3 Å². The number of rotatable bonds is 6. The maximum absolute atomic E-state index is 9.65. The van der Waals surface area contributed by atoms with Crippen LogP contribution in [0.25, 0.3) is 5.57 Å². The molecular weight excluding hydrogens is 300 g/mol. The summed E-state index contributed by atoms with van der Waals surface area (Å²) in [6.45, 7) is 4.38. The molecule has 0 bridgehead atoms. The van der Waals surface area contributed by atoms with Crippen molar-refractivity contribution in [3.63, 3.8) is 0 Å². The lowest BCUT2D eigenvalue weighted by atomic mass is 10.0. The SMILES string of the molecule is C=C(CO[C@H]1C=C[C@@H](c2ccccc2)O[C@@H]1CO)c1ccccc1. The molecule has 1 N–H and O–H groups in total. The summed E-state index contributed by atoms with van der Waals surface area (Å²) in [6.07, 6.45) is 3.14. The van der Waals surface area contributed by atoms with E-state index in [0.29, 0.717) is 6.61 Å². The molecule has 2 aromatic rings. The fourth-order valence-corrected chi connectivity index (χ4v) is 2.74. The van der Waals surface area contributed by atoms with Gasteiger partial charge in [-0.25, -0.2) is 0 Å². The Bertz CT molecular complexity index is 679. The quantitative estimate of drug-likeness (QED) is 0.823. The second kappa shape index (κ2) is 8.06. The third kappa shape index (κ3) is 4.01. The number of hydrogen-bond acceptors (Lipinski definition) is 3. The predicted molar refractivity (Wildman–Crippen MR) is 95.5 cm³/mol.